The number of rotatable bonds is 8. The minimum absolute atomic E-state index is 0.215. The van der Waals surface area contributed by atoms with E-state index in [2.05, 4.69) is 9.97 Å². The SMILES string of the molecule is Cc1c(/C=C/c2[nH]c(C(=O)OCc3ccccc3)c(C)c2C)[nH]c(C(=O)OCc2ccccc2)c1C. The number of hydrogen-bond donors (Lipinski definition) is 2. The highest BCUT2D eigenvalue weighted by Gasteiger charge is 2.19. The third-order valence-corrected chi connectivity index (χ3v) is 6.45. The van der Waals surface area contributed by atoms with E-state index in [1.165, 1.54) is 0 Å². The smallest absolute Gasteiger partial charge is 0.355 e. The fraction of sp³-hybridized carbons (Fsp3) is 0.200. The quantitative estimate of drug-likeness (QED) is 0.282. The van der Waals surface area contributed by atoms with Gasteiger partial charge in [0.1, 0.15) is 24.6 Å². The van der Waals surface area contributed by atoms with Gasteiger partial charge in [0.15, 0.2) is 0 Å². The summed E-state index contributed by atoms with van der Waals surface area (Å²) in [5, 5.41) is 0. The first-order chi connectivity index (χ1) is 17.3. The number of H-pyrrole nitrogens is 2. The Hall–Kier alpha value is -4.32. The van der Waals surface area contributed by atoms with Crippen LogP contribution < -0.4 is 0 Å². The molecular weight excluding hydrogens is 452 g/mol. The van der Waals surface area contributed by atoms with Crippen molar-refractivity contribution in [2.45, 2.75) is 40.9 Å². The molecule has 2 aromatic carbocycles. The van der Waals surface area contributed by atoms with Gasteiger partial charge in [0.25, 0.3) is 0 Å². The Bertz CT molecular complexity index is 1290. The van der Waals surface area contributed by atoms with Crippen LogP contribution >= 0.6 is 0 Å². The number of carbonyl (C=O) groups is 2. The molecular formula is C30H30N2O4. The second-order valence-electron chi connectivity index (χ2n) is 8.78. The van der Waals surface area contributed by atoms with E-state index in [0.29, 0.717) is 11.4 Å². The number of benzene rings is 2. The molecule has 0 saturated carbocycles. The Kier molecular flexibility index (Phi) is 7.54. The van der Waals surface area contributed by atoms with Crippen molar-refractivity contribution >= 4 is 24.1 Å². The van der Waals surface area contributed by atoms with E-state index in [4.69, 9.17) is 9.47 Å². The van der Waals surface area contributed by atoms with Gasteiger partial charge in [-0.05, 0) is 73.2 Å². The third kappa shape index (κ3) is 5.49. The lowest BCUT2D eigenvalue weighted by atomic mass is 10.1. The van der Waals surface area contributed by atoms with Crippen LogP contribution in [0.5, 0.6) is 0 Å². The highest BCUT2D eigenvalue weighted by atomic mass is 16.5. The van der Waals surface area contributed by atoms with Crippen LogP contribution in [0.15, 0.2) is 60.7 Å². The predicted molar refractivity (Wildman–Crippen MR) is 141 cm³/mol. The molecule has 4 rings (SSSR count). The number of hydrogen-bond acceptors (Lipinski definition) is 4. The topological polar surface area (TPSA) is 84.2 Å². The van der Waals surface area contributed by atoms with Crippen molar-refractivity contribution in [2.75, 3.05) is 0 Å². The molecule has 184 valence electrons. The average Bonchev–Trinajstić information content (AvgIpc) is 3.35. The van der Waals surface area contributed by atoms with Crippen LogP contribution in [0.3, 0.4) is 0 Å². The first kappa shape index (κ1) is 24.8. The Morgan fingerprint density at radius 3 is 1.33 bits per heavy atom. The maximum absolute atomic E-state index is 12.7. The number of carbonyl (C=O) groups excluding carboxylic acids is 2. The van der Waals surface area contributed by atoms with Crippen LogP contribution in [-0.2, 0) is 22.7 Å². The zero-order valence-corrected chi connectivity index (χ0v) is 21.0. The Labute approximate surface area is 211 Å². The van der Waals surface area contributed by atoms with Gasteiger partial charge < -0.3 is 19.4 Å². The monoisotopic (exact) mass is 482 g/mol. The molecule has 6 nitrogen and oxygen atoms in total. The van der Waals surface area contributed by atoms with Crippen molar-refractivity contribution in [1.82, 2.24) is 9.97 Å². The molecule has 0 unspecified atom stereocenters. The highest BCUT2D eigenvalue weighted by Crippen LogP contribution is 2.24. The van der Waals surface area contributed by atoms with E-state index < -0.39 is 11.9 Å². The average molecular weight is 483 g/mol. The van der Waals surface area contributed by atoms with Crippen molar-refractivity contribution in [2.24, 2.45) is 0 Å². The molecule has 0 radical (unpaired) electrons. The molecule has 0 aliphatic carbocycles. The second-order valence-corrected chi connectivity index (χ2v) is 8.78. The Morgan fingerprint density at radius 2 is 0.972 bits per heavy atom. The summed E-state index contributed by atoms with van der Waals surface area (Å²) in [5.74, 6) is -0.788. The van der Waals surface area contributed by atoms with Gasteiger partial charge in [0.05, 0.1) is 0 Å². The lowest BCUT2D eigenvalue weighted by Crippen LogP contribution is -2.07. The number of nitrogens with one attached hydrogen (secondary N) is 2. The van der Waals surface area contributed by atoms with Crippen molar-refractivity contribution in [3.8, 4) is 0 Å². The fourth-order valence-corrected chi connectivity index (χ4v) is 3.92. The van der Waals surface area contributed by atoms with E-state index >= 15 is 0 Å². The van der Waals surface area contributed by atoms with Crippen LogP contribution in [-0.4, -0.2) is 21.9 Å². The fourth-order valence-electron chi connectivity index (χ4n) is 3.92. The van der Waals surface area contributed by atoms with Gasteiger partial charge in [-0.3, -0.25) is 0 Å². The molecule has 0 fully saturated rings. The Morgan fingerprint density at radius 1 is 0.611 bits per heavy atom. The standard InChI is InChI=1S/C30H30N2O4/c1-19-21(3)27(29(33)35-17-23-11-7-5-8-12-23)31-25(19)15-16-26-20(2)22(4)28(32-26)30(34)36-18-24-13-9-6-10-14-24/h5-16,31-32H,17-18H2,1-4H3/b16-15+. The van der Waals surface area contributed by atoms with E-state index in [9.17, 15) is 9.59 Å². The zero-order valence-electron chi connectivity index (χ0n) is 21.0. The summed E-state index contributed by atoms with van der Waals surface area (Å²) in [5.41, 5.74) is 7.96. The van der Waals surface area contributed by atoms with Gasteiger partial charge in [-0.15, -0.1) is 0 Å². The van der Waals surface area contributed by atoms with Gasteiger partial charge in [-0.1, -0.05) is 60.7 Å². The molecule has 0 amide bonds. The van der Waals surface area contributed by atoms with Gasteiger partial charge >= 0.3 is 11.9 Å². The molecule has 0 aliphatic rings. The predicted octanol–water partition coefficient (Wildman–Crippen LogP) is 6.46. The molecule has 0 aliphatic heterocycles. The molecule has 2 aromatic heterocycles. The summed E-state index contributed by atoms with van der Waals surface area (Å²) >= 11 is 0. The number of aromatic amines is 2. The summed E-state index contributed by atoms with van der Waals surface area (Å²) in [6.45, 7) is 8.14. The van der Waals surface area contributed by atoms with E-state index in [1.807, 2.05) is 101 Å². The molecule has 4 aromatic rings. The molecule has 2 N–H and O–H groups in total. The maximum Gasteiger partial charge on any atom is 0.355 e. The summed E-state index contributed by atoms with van der Waals surface area (Å²) in [6.07, 6.45) is 3.79. The largest absolute Gasteiger partial charge is 0.456 e. The molecule has 0 bridgehead atoms. The van der Waals surface area contributed by atoms with Crippen LogP contribution in [0.25, 0.3) is 12.2 Å². The van der Waals surface area contributed by atoms with Crippen molar-refractivity contribution in [3.63, 3.8) is 0 Å². The Balaban J connectivity index is 1.46. The first-order valence-corrected chi connectivity index (χ1v) is 11.8. The zero-order chi connectivity index (χ0) is 25.7. The summed E-state index contributed by atoms with van der Waals surface area (Å²) in [7, 11) is 0. The normalized spacial score (nSPS) is 11.1. The lowest BCUT2D eigenvalue weighted by Gasteiger charge is -2.04. The van der Waals surface area contributed by atoms with E-state index in [-0.39, 0.29) is 13.2 Å². The van der Waals surface area contributed by atoms with Crippen LogP contribution in [0, 0.1) is 27.7 Å². The van der Waals surface area contributed by atoms with Crippen molar-refractivity contribution in [3.05, 3.63) is 117 Å². The molecule has 2 heterocycles. The van der Waals surface area contributed by atoms with Crippen LogP contribution in [0.1, 0.15) is 65.7 Å². The number of aromatic nitrogens is 2. The first-order valence-electron chi connectivity index (χ1n) is 11.8. The maximum atomic E-state index is 12.7. The van der Waals surface area contributed by atoms with Gasteiger partial charge in [-0.25, -0.2) is 9.59 Å². The van der Waals surface area contributed by atoms with Crippen molar-refractivity contribution in [1.29, 1.82) is 0 Å². The summed E-state index contributed by atoms with van der Waals surface area (Å²) in [4.78, 5) is 31.8. The number of ether oxygens (including phenoxy) is 2. The summed E-state index contributed by atoms with van der Waals surface area (Å²) in [6, 6.07) is 19.2. The van der Waals surface area contributed by atoms with Crippen LogP contribution in [0.4, 0.5) is 0 Å². The van der Waals surface area contributed by atoms with Crippen LogP contribution in [0.2, 0.25) is 0 Å². The van der Waals surface area contributed by atoms with Crippen molar-refractivity contribution < 1.29 is 19.1 Å². The van der Waals surface area contributed by atoms with Gasteiger partial charge in [-0.2, -0.15) is 0 Å². The second kappa shape index (κ2) is 11.0. The highest BCUT2D eigenvalue weighted by molar-refractivity contribution is 5.92. The third-order valence-electron chi connectivity index (χ3n) is 6.45. The molecule has 36 heavy (non-hydrogen) atoms. The molecule has 0 atom stereocenters. The van der Waals surface area contributed by atoms with E-state index in [1.54, 1.807) is 0 Å². The van der Waals surface area contributed by atoms with Gasteiger partial charge in [0.2, 0.25) is 0 Å². The molecule has 0 saturated heterocycles. The van der Waals surface area contributed by atoms with Gasteiger partial charge in [0, 0.05) is 11.4 Å². The van der Waals surface area contributed by atoms with E-state index in [0.717, 1.165) is 44.8 Å². The summed E-state index contributed by atoms with van der Waals surface area (Å²) < 4.78 is 11.0. The minimum Gasteiger partial charge on any atom is -0.456 e. The lowest BCUT2D eigenvalue weighted by molar-refractivity contribution is 0.0457. The molecule has 0 spiro atoms. The molecule has 6 heteroatoms. The number of esters is 2. The minimum atomic E-state index is -0.394.